The van der Waals surface area contributed by atoms with E-state index >= 15 is 0 Å². The Morgan fingerprint density at radius 1 is 1.50 bits per heavy atom. The molecule has 1 aromatic heterocycles. The van der Waals surface area contributed by atoms with Crippen LogP contribution in [0.2, 0.25) is 0 Å². The third-order valence-corrected chi connectivity index (χ3v) is 2.62. The first kappa shape index (κ1) is 13.8. The summed E-state index contributed by atoms with van der Waals surface area (Å²) >= 11 is 0. The number of nitrogens with zero attached hydrogens (tertiary/aromatic N) is 2. The van der Waals surface area contributed by atoms with Crippen molar-refractivity contribution < 1.29 is 14.1 Å². The molecule has 0 radical (unpaired) electrons. The van der Waals surface area contributed by atoms with Crippen molar-refractivity contribution >= 4 is 5.91 Å². The number of nitrogens with one attached hydrogen (secondary N) is 1. The van der Waals surface area contributed by atoms with Crippen molar-refractivity contribution in [2.24, 2.45) is 0 Å². The van der Waals surface area contributed by atoms with E-state index in [0.29, 0.717) is 11.3 Å². The van der Waals surface area contributed by atoms with E-state index < -0.39 is 11.9 Å². The van der Waals surface area contributed by atoms with Gasteiger partial charge < -0.3 is 14.6 Å². The van der Waals surface area contributed by atoms with Crippen LogP contribution in [0.4, 0.5) is 0 Å². The molecular formula is C14H13N3O3. The highest BCUT2D eigenvalue weighted by Gasteiger charge is 2.18. The second-order valence-electron chi connectivity index (χ2n) is 4.06. The van der Waals surface area contributed by atoms with Gasteiger partial charge in [0.05, 0.1) is 6.07 Å². The van der Waals surface area contributed by atoms with E-state index in [4.69, 9.17) is 14.5 Å². The van der Waals surface area contributed by atoms with E-state index in [-0.39, 0.29) is 12.3 Å². The van der Waals surface area contributed by atoms with Crippen LogP contribution in [0, 0.1) is 11.3 Å². The molecule has 20 heavy (non-hydrogen) atoms. The van der Waals surface area contributed by atoms with Crippen molar-refractivity contribution in [2.75, 3.05) is 7.11 Å². The SMILES string of the molecule is COCc1cc(C(=O)NC(C#N)c2ccccc2)no1. The highest BCUT2D eigenvalue weighted by Crippen LogP contribution is 2.12. The van der Waals surface area contributed by atoms with E-state index in [0.717, 1.165) is 0 Å². The number of ether oxygens (including phenoxy) is 1. The lowest BCUT2D eigenvalue weighted by Gasteiger charge is -2.10. The summed E-state index contributed by atoms with van der Waals surface area (Å²) in [4.78, 5) is 12.0. The van der Waals surface area contributed by atoms with Gasteiger partial charge in [0.1, 0.15) is 12.6 Å². The highest BCUT2D eigenvalue weighted by atomic mass is 16.5. The number of methoxy groups -OCH3 is 1. The Labute approximate surface area is 115 Å². The van der Waals surface area contributed by atoms with Gasteiger partial charge >= 0.3 is 0 Å². The van der Waals surface area contributed by atoms with E-state index in [9.17, 15) is 4.79 Å². The molecule has 0 fully saturated rings. The lowest BCUT2D eigenvalue weighted by Crippen LogP contribution is -2.27. The van der Waals surface area contributed by atoms with Gasteiger partial charge in [0.25, 0.3) is 5.91 Å². The maximum Gasteiger partial charge on any atom is 0.274 e. The minimum Gasteiger partial charge on any atom is -0.377 e. The van der Waals surface area contributed by atoms with Gasteiger partial charge in [0.2, 0.25) is 0 Å². The molecule has 1 heterocycles. The number of nitriles is 1. The fraction of sp³-hybridized carbons (Fsp3) is 0.214. The minimum absolute atomic E-state index is 0.119. The van der Waals surface area contributed by atoms with Gasteiger partial charge in [-0.1, -0.05) is 35.5 Å². The van der Waals surface area contributed by atoms with Gasteiger partial charge in [-0.05, 0) is 5.56 Å². The fourth-order valence-corrected chi connectivity index (χ4v) is 1.67. The molecule has 1 atom stereocenters. The fourth-order valence-electron chi connectivity index (χ4n) is 1.67. The van der Waals surface area contributed by atoms with Crippen LogP contribution in [-0.4, -0.2) is 18.2 Å². The summed E-state index contributed by atoms with van der Waals surface area (Å²) in [5.41, 5.74) is 0.831. The Morgan fingerprint density at radius 2 is 2.25 bits per heavy atom. The van der Waals surface area contributed by atoms with E-state index in [2.05, 4.69) is 10.5 Å². The first-order valence-electron chi connectivity index (χ1n) is 5.94. The van der Waals surface area contributed by atoms with Crippen LogP contribution >= 0.6 is 0 Å². The molecular weight excluding hydrogens is 258 g/mol. The maximum atomic E-state index is 12.0. The first-order valence-corrected chi connectivity index (χ1v) is 5.94. The molecule has 1 unspecified atom stereocenters. The lowest BCUT2D eigenvalue weighted by atomic mass is 10.1. The average Bonchev–Trinajstić information content (AvgIpc) is 2.94. The van der Waals surface area contributed by atoms with Gasteiger partial charge in [-0.25, -0.2) is 0 Å². The smallest absolute Gasteiger partial charge is 0.274 e. The quantitative estimate of drug-likeness (QED) is 0.896. The van der Waals surface area contributed by atoms with Gasteiger partial charge in [0.15, 0.2) is 11.5 Å². The van der Waals surface area contributed by atoms with Crippen LogP contribution in [0.15, 0.2) is 40.9 Å². The summed E-state index contributed by atoms with van der Waals surface area (Å²) in [6.07, 6.45) is 0. The predicted molar refractivity (Wildman–Crippen MR) is 69.5 cm³/mol. The molecule has 0 saturated heterocycles. The van der Waals surface area contributed by atoms with Crippen molar-refractivity contribution in [2.45, 2.75) is 12.6 Å². The van der Waals surface area contributed by atoms with Gasteiger partial charge in [0, 0.05) is 13.2 Å². The molecule has 1 N–H and O–H groups in total. The first-order chi connectivity index (χ1) is 9.74. The van der Waals surface area contributed by atoms with Crippen molar-refractivity contribution in [3.63, 3.8) is 0 Å². The summed E-state index contributed by atoms with van der Waals surface area (Å²) in [5, 5.41) is 15.4. The number of carbonyl (C=O) groups is 1. The van der Waals surface area contributed by atoms with Crippen molar-refractivity contribution in [1.82, 2.24) is 10.5 Å². The summed E-state index contributed by atoms with van der Waals surface area (Å²) in [6, 6.07) is 11.8. The lowest BCUT2D eigenvalue weighted by molar-refractivity contribution is 0.0935. The van der Waals surface area contributed by atoms with Crippen molar-refractivity contribution in [3.05, 3.63) is 53.4 Å². The van der Waals surface area contributed by atoms with Crippen molar-refractivity contribution in [3.8, 4) is 6.07 Å². The zero-order valence-corrected chi connectivity index (χ0v) is 10.9. The van der Waals surface area contributed by atoms with Crippen LogP contribution in [0.25, 0.3) is 0 Å². The molecule has 2 aromatic rings. The van der Waals surface area contributed by atoms with Crippen molar-refractivity contribution in [1.29, 1.82) is 5.26 Å². The zero-order valence-electron chi connectivity index (χ0n) is 10.9. The summed E-state index contributed by atoms with van der Waals surface area (Å²) in [5.74, 6) is -0.0163. The van der Waals surface area contributed by atoms with Crippen LogP contribution in [-0.2, 0) is 11.3 Å². The standard InChI is InChI=1S/C14H13N3O3/c1-19-9-11-7-12(17-20-11)14(18)16-13(8-15)10-5-3-2-4-6-10/h2-7,13H,9H2,1H3,(H,16,18). The second kappa shape index (κ2) is 6.50. The molecule has 0 aliphatic carbocycles. The second-order valence-corrected chi connectivity index (χ2v) is 4.06. The monoisotopic (exact) mass is 271 g/mol. The molecule has 0 aliphatic rings. The van der Waals surface area contributed by atoms with Gasteiger partial charge in [-0.15, -0.1) is 0 Å². The number of amides is 1. The Balaban J connectivity index is 2.08. The Bertz CT molecular complexity index is 616. The summed E-state index contributed by atoms with van der Waals surface area (Å²) < 4.78 is 9.80. The van der Waals surface area contributed by atoms with E-state index in [1.807, 2.05) is 12.1 Å². The molecule has 1 aromatic carbocycles. The van der Waals surface area contributed by atoms with Crippen LogP contribution in [0.5, 0.6) is 0 Å². The third-order valence-electron chi connectivity index (χ3n) is 2.62. The zero-order chi connectivity index (χ0) is 14.4. The highest BCUT2D eigenvalue weighted by molar-refractivity contribution is 5.92. The number of rotatable bonds is 5. The number of aromatic nitrogens is 1. The molecule has 102 valence electrons. The molecule has 6 heteroatoms. The summed E-state index contributed by atoms with van der Waals surface area (Å²) in [7, 11) is 1.52. The largest absolute Gasteiger partial charge is 0.377 e. The number of carbonyl (C=O) groups excluding carboxylic acids is 1. The van der Waals surface area contributed by atoms with Gasteiger partial charge in [-0.2, -0.15) is 5.26 Å². The predicted octanol–water partition coefficient (Wildman–Crippen LogP) is 1.82. The van der Waals surface area contributed by atoms with Gasteiger partial charge in [-0.3, -0.25) is 4.79 Å². The number of benzene rings is 1. The maximum absolute atomic E-state index is 12.0. The van der Waals surface area contributed by atoms with E-state index in [1.165, 1.54) is 13.2 Å². The summed E-state index contributed by atoms with van der Waals surface area (Å²) in [6.45, 7) is 0.237. The molecule has 0 saturated carbocycles. The number of hydrogen-bond donors (Lipinski definition) is 1. The molecule has 0 aliphatic heterocycles. The van der Waals surface area contributed by atoms with Crippen LogP contribution < -0.4 is 5.32 Å². The Kier molecular flexibility index (Phi) is 4.47. The number of hydrogen-bond acceptors (Lipinski definition) is 5. The van der Waals surface area contributed by atoms with Crippen LogP contribution in [0.3, 0.4) is 0 Å². The molecule has 2 rings (SSSR count). The minimum atomic E-state index is -0.730. The average molecular weight is 271 g/mol. The van der Waals surface area contributed by atoms with E-state index in [1.54, 1.807) is 24.3 Å². The van der Waals surface area contributed by atoms with Crippen LogP contribution in [0.1, 0.15) is 27.9 Å². The molecule has 6 nitrogen and oxygen atoms in total. The molecule has 0 bridgehead atoms. The Hall–Kier alpha value is -2.65. The Morgan fingerprint density at radius 3 is 2.90 bits per heavy atom. The third kappa shape index (κ3) is 3.22. The normalized spacial score (nSPS) is 11.6. The molecule has 1 amide bonds. The topological polar surface area (TPSA) is 88.1 Å². The molecule has 0 spiro atoms.